The number of benzene rings is 8. The zero-order valence-corrected chi connectivity index (χ0v) is 53.9. The minimum atomic E-state index is -1.31. The standard InChI is InChI=1S/C38H41NO4.C38H39NO4.B.Na.H/c2*1-5-24-37(26-40,27-42-25-28-16-8-6-9-17-28)34(35(41)43-36(2,3)4)39-38(29-18-10-7-11-19-29)32-22-14-12-20-30(32)31-21-13-15-23-33(31)38;;;/h5-23,34,39-40H,1,24-27H2,2-4H3;5-23,26,34,39H,1,24-25,27H2,2-4H3;;;/q;;;+1;-1/t2*34-,37?;;;/m11.../s1. The third-order valence-electron chi connectivity index (χ3n) is 16.1. The Morgan fingerprint density at radius 1 is 0.489 bits per heavy atom. The van der Waals surface area contributed by atoms with Crippen molar-refractivity contribution in [3.8, 4) is 22.3 Å². The minimum absolute atomic E-state index is 0. The molecule has 0 fully saturated rings. The maximum Gasteiger partial charge on any atom is 1.00 e. The summed E-state index contributed by atoms with van der Waals surface area (Å²) in [5.41, 5.74) is 6.53. The fourth-order valence-electron chi connectivity index (χ4n) is 12.3. The zero-order chi connectivity index (χ0) is 61.0. The number of aldehydes is 1. The number of aliphatic hydroxyl groups is 1. The van der Waals surface area contributed by atoms with Crippen LogP contribution in [0.5, 0.6) is 0 Å². The van der Waals surface area contributed by atoms with Crippen LogP contribution in [0.1, 0.15) is 100 Å². The van der Waals surface area contributed by atoms with E-state index in [0.717, 1.165) is 73.0 Å². The van der Waals surface area contributed by atoms with Gasteiger partial charge in [-0.2, -0.15) is 0 Å². The van der Waals surface area contributed by atoms with Crippen molar-refractivity contribution in [1.29, 1.82) is 0 Å². The molecule has 8 aromatic carbocycles. The van der Waals surface area contributed by atoms with Gasteiger partial charge in [0.05, 0.1) is 49.5 Å². The number of hydrogen-bond acceptors (Lipinski definition) is 10. The van der Waals surface area contributed by atoms with Crippen molar-refractivity contribution < 1.29 is 69.4 Å². The molecule has 2 aliphatic rings. The van der Waals surface area contributed by atoms with Crippen LogP contribution >= 0.6 is 0 Å². The molecule has 0 amide bonds. The first-order chi connectivity index (χ1) is 41.5. The fourth-order valence-corrected chi connectivity index (χ4v) is 12.3. The van der Waals surface area contributed by atoms with Crippen LogP contribution in [0.25, 0.3) is 22.3 Å². The Morgan fingerprint density at radius 2 is 0.807 bits per heavy atom. The molecule has 0 saturated heterocycles. The van der Waals surface area contributed by atoms with E-state index in [1.54, 1.807) is 12.2 Å². The maximum absolute atomic E-state index is 14.4. The molecule has 3 radical (unpaired) electrons. The molecule has 2 unspecified atom stereocenters. The summed E-state index contributed by atoms with van der Waals surface area (Å²) in [6.07, 6.45) is 4.78. The van der Waals surface area contributed by atoms with Gasteiger partial charge in [-0.25, -0.2) is 0 Å². The summed E-state index contributed by atoms with van der Waals surface area (Å²) in [4.78, 5) is 42.0. The molecule has 8 aromatic rings. The van der Waals surface area contributed by atoms with Gasteiger partial charge in [0.2, 0.25) is 0 Å². The van der Waals surface area contributed by atoms with Crippen LogP contribution in [0.15, 0.2) is 244 Å². The first-order valence-electron chi connectivity index (χ1n) is 29.5. The molecule has 0 saturated carbocycles. The molecule has 0 heterocycles. The predicted molar refractivity (Wildman–Crippen MR) is 349 cm³/mol. The van der Waals surface area contributed by atoms with Gasteiger partial charge in [0.15, 0.2) is 0 Å². The van der Waals surface area contributed by atoms with Crippen molar-refractivity contribution in [3.63, 3.8) is 0 Å². The zero-order valence-electron chi connectivity index (χ0n) is 52.9. The average Bonchev–Trinajstić information content (AvgIpc) is 1.59. The maximum atomic E-state index is 14.4. The summed E-state index contributed by atoms with van der Waals surface area (Å²) in [5.74, 6) is -0.981. The monoisotopic (exact) mass is 1180 g/mol. The van der Waals surface area contributed by atoms with E-state index in [0.29, 0.717) is 19.6 Å². The van der Waals surface area contributed by atoms with Gasteiger partial charge in [-0.05, 0) is 121 Å². The summed E-state index contributed by atoms with van der Waals surface area (Å²) >= 11 is 0. The SMILES string of the molecule is C=CCC(C=O)(COCc1ccccc1)[C@H](NC1(c2ccccc2)c2ccccc2-c2ccccc21)C(=O)OC(C)(C)C.C=CCC(CO)(COCc1ccccc1)[C@H](NC1(c2ccccc2)c2ccccc2-c2ccccc21)C(=O)OC(C)(C)C.[B].[H-].[Na+]. The van der Waals surface area contributed by atoms with Crippen LogP contribution in [-0.4, -0.2) is 74.9 Å². The molecule has 2 aliphatic carbocycles. The molecule has 0 spiro atoms. The van der Waals surface area contributed by atoms with Gasteiger partial charge in [0.1, 0.15) is 29.6 Å². The average molecular weight is 1180 g/mol. The van der Waals surface area contributed by atoms with Crippen molar-refractivity contribution in [2.24, 2.45) is 10.8 Å². The van der Waals surface area contributed by atoms with Gasteiger partial charge in [-0.3, -0.25) is 20.2 Å². The second-order valence-electron chi connectivity index (χ2n) is 24.4. The van der Waals surface area contributed by atoms with E-state index in [4.69, 9.17) is 18.9 Å². The molecule has 0 bridgehead atoms. The van der Waals surface area contributed by atoms with Crippen LogP contribution in [-0.2, 0) is 57.6 Å². The normalized spacial score (nSPS) is 15.1. The predicted octanol–water partition coefficient (Wildman–Crippen LogP) is 11.0. The number of nitrogens with one attached hydrogen (secondary N) is 2. The van der Waals surface area contributed by atoms with Crippen LogP contribution in [0.4, 0.5) is 0 Å². The quantitative estimate of drug-likeness (QED) is 0.0233. The number of aliphatic hydroxyl groups excluding tert-OH is 1. The molecule has 3 N–H and O–H groups in total. The number of ether oxygens (including phenoxy) is 4. The molecule has 0 aliphatic heterocycles. The van der Waals surface area contributed by atoms with Crippen LogP contribution in [0.2, 0.25) is 0 Å². The van der Waals surface area contributed by atoms with E-state index in [9.17, 15) is 19.5 Å². The number of rotatable bonds is 24. The van der Waals surface area contributed by atoms with Gasteiger partial charge in [0, 0.05) is 13.8 Å². The Kier molecular flexibility index (Phi) is 23.1. The van der Waals surface area contributed by atoms with Crippen LogP contribution in [0, 0.1) is 10.8 Å². The van der Waals surface area contributed by atoms with E-state index < -0.39 is 57.1 Å². The third-order valence-corrected chi connectivity index (χ3v) is 16.1. The number of hydrogen-bond donors (Lipinski definition) is 3. The number of carbonyl (C=O) groups excluding carboxylic acids is 3. The first kappa shape index (κ1) is 68.2. The largest absolute Gasteiger partial charge is 1.00 e. The fraction of sp³-hybridized carbons (Fsp3) is 0.276. The van der Waals surface area contributed by atoms with Crippen LogP contribution < -0.4 is 40.2 Å². The summed E-state index contributed by atoms with van der Waals surface area (Å²) < 4.78 is 24.6. The molecular weight excluding hydrogens is 1100 g/mol. The molecule has 88 heavy (non-hydrogen) atoms. The molecule has 10 rings (SSSR count). The van der Waals surface area contributed by atoms with E-state index in [2.05, 4.69) is 96.6 Å². The van der Waals surface area contributed by atoms with Crippen LogP contribution in [0.3, 0.4) is 0 Å². The molecule has 0 aromatic heterocycles. The van der Waals surface area contributed by atoms with E-state index in [1.807, 2.05) is 187 Å². The number of carbonyl (C=O) groups is 3. The Hall–Kier alpha value is -7.29. The van der Waals surface area contributed by atoms with Gasteiger partial charge in [-0.1, -0.05) is 231 Å². The second-order valence-corrected chi connectivity index (χ2v) is 24.4. The summed E-state index contributed by atoms with van der Waals surface area (Å²) in [6, 6.07) is 70.8. The summed E-state index contributed by atoms with van der Waals surface area (Å²) in [7, 11) is 0. The van der Waals surface area contributed by atoms with Gasteiger partial charge in [0.25, 0.3) is 0 Å². The van der Waals surface area contributed by atoms with E-state index in [-0.39, 0.29) is 65.6 Å². The molecule has 4 atom stereocenters. The molecule has 12 heteroatoms. The molecule has 447 valence electrons. The molecule has 10 nitrogen and oxygen atoms in total. The Bertz CT molecular complexity index is 3530. The molecular formula is C76H81BN2NaO8. The van der Waals surface area contributed by atoms with Gasteiger partial charge in [-0.15, -0.1) is 13.2 Å². The Labute approximate surface area is 546 Å². The third kappa shape index (κ3) is 14.6. The van der Waals surface area contributed by atoms with Gasteiger partial charge >= 0.3 is 41.5 Å². The summed E-state index contributed by atoms with van der Waals surface area (Å²) in [5, 5.41) is 18.8. The number of fused-ring (bicyclic) bond motifs is 6. The number of esters is 2. The Morgan fingerprint density at radius 3 is 1.15 bits per heavy atom. The Balaban J connectivity index is 0.000000274. The van der Waals surface area contributed by atoms with E-state index >= 15 is 0 Å². The first-order valence-corrected chi connectivity index (χ1v) is 29.5. The van der Waals surface area contributed by atoms with Crippen molar-refractivity contribution in [1.82, 2.24) is 10.6 Å². The van der Waals surface area contributed by atoms with Crippen molar-refractivity contribution >= 4 is 26.6 Å². The smallest absolute Gasteiger partial charge is 1.00 e. The van der Waals surface area contributed by atoms with Gasteiger partial charge < -0.3 is 30.3 Å². The minimum Gasteiger partial charge on any atom is -1.00 e. The van der Waals surface area contributed by atoms with E-state index in [1.165, 1.54) is 0 Å². The topological polar surface area (TPSA) is 132 Å². The summed E-state index contributed by atoms with van der Waals surface area (Å²) in [6.45, 7) is 19.4. The second kappa shape index (κ2) is 29.8. The van der Waals surface area contributed by atoms with Crippen molar-refractivity contribution in [2.45, 2.75) is 102 Å². The van der Waals surface area contributed by atoms with Crippen molar-refractivity contribution in [2.75, 3.05) is 19.8 Å². The number of allylic oxidation sites excluding steroid dienone is 2. The van der Waals surface area contributed by atoms with Crippen molar-refractivity contribution in [3.05, 3.63) is 288 Å².